The number of nitrogens with one attached hydrogen (secondary N) is 2. The lowest BCUT2D eigenvalue weighted by Crippen LogP contribution is -2.43. The maximum atomic E-state index is 5.63. The van der Waals surface area contributed by atoms with Gasteiger partial charge >= 0.3 is 0 Å². The Morgan fingerprint density at radius 2 is 2.16 bits per heavy atom. The molecule has 138 valence electrons. The third-order valence-corrected chi connectivity index (χ3v) is 4.23. The van der Waals surface area contributed by atoms with E-state index in [1.54, 1.807) is 19.5 Å². The van der Waals surface area contributed by atoms with Gasteiger partial charge in [0.2, 0.25) is 0 Å². The van der Waals surface area contributed by atoms with Crippen LogP contribution in [0.4, 0.5) is 0 Å². The molecule has 0 fully saturated rings. The molecule has 7 heteroatoms. The second-order valence-electron chi connectivity index (χ2n) is 5.76. The van der Waals surface area contributed by atoms with E-state index in [0.717, 1.165) is 50.9 Å². The Hall–Kier alpha value is -2.28. The summed E-state index contributed by atoms with van der Waals surface area (Å²) in [6.07, 6.45) is 6.50. The van der Waals surface area contributed by atoms with Crippen LogP contribution in [0.1, 0.15) is 32.1 Å². The van der Waals surface area contributed by atoms with Crippen molar-refractivity contribution < 1.29 is 4.42 Å². The Morgan fingerprint density at radius 3 is 2.76 bits per heavy atom. The fraction of sp³-hybridized carbons (Fsp3) is 0.556. The standard InChI is InChI=1S/C18H30N6O/c1-4-23(5-2)16(17-9-6-14-25-17)15-21-18(19-3)20-10-7-12-24-13-8-11-22-24/h6,8-9,11,13-14,16H,4-5,7,10,12,15H2,1-3H3,(H2,19,20,21). The van der Waals surface area contributed by atoms with Crippen LogP contribution in [0.25, 0.3) is 0 Å². The van der Waals surface area contributed by atoms with Crippen molar-refractivity contribution in [3.63, 3.8) is 0 Å². The van der Waals surface area contributed by atoms with E-state index in [9.17, 15) is 0 Å². The number of likely N-dealkylation sites (N-methyl/N-ethyl adjacent to an activating group) is 1. The quantitative estimate of drug-likeness (QED) is 0.392. The second-order valence-corrected chi connectivity index (χ2v) is 5.76. The predicted molar refractivity (Wildman–Crippen MR) is 101 cm³/mol. The van der Waals surface area contributed by atoms with Gasteiger partial charge in [0, 0.05) is 39.1 Å². The SMILES string of the molecule is CCN(CC)C(CNC(=NC)NCCCn1cccn1)c1ccco1. The molecule has 2 N–H and O–H groups in total. The maximum Gasteiger partial charge on any atom is 0.191 e. The van der Waals surface area contributed by atoms with Gasteiger partial charge in [-0.05, 0) is 37.7 Å². The number of nitrogens with zero attached hydrogens (tertiary/aromatic N) is 4. The Bertz CT molecular complexity index is 589. The molecule has 0 aliphatic rings. The Morgan fingerprint density at radius 1 is 1.32 bits per heavy atom. The average molecular weight is 346 g/mol. The summed E-state index contributed by atoms with van der Waals surface area (Å²) in [5.74, 6) is 1.79. The second kappa shape index (κ2) is 10.6. The minimum Gasteiger partial charge on any atom is -0.468 e. The molecule has 0 saturated heterocycles. The van der Waals surface area contributed by atoms with Crippen molar-refractivity contribution in [3.8, 4) is 0 Å². The predicted octanol–water partition coefficient (Wildman–Crippen LogP) is 2.11. The van der Waals surface area contributed by atoms with Crippen LogP contribution in [0.15, 0.2) is 46.3 Å². The molecule has 1 atom stereocenters. The fourth-order valence-corrected chi connectivity index (χ4v) is 2.85. The number of guanidine groups is 1. The number of hydrogen-bond donors (Lipinski definition) is 2. The molecule has 0 aromatic carbocycles. The zero-order valence-corrected chi connectivity index (χ0v) is 15.5. The molecule has 0 amide bonds. The van der Waals surface area contributed by atoms with Gasteiger partial charge in [0.15, 0.2) is 5.96 Å². The van der Waals surface area contributed by atoms with E-state index in [1.807, 2.05) is 29.1 Å². The van der Waals surface area contributed by atoms with Gasteiger partial charge in [0.25, 0.3) is 0 Å². The van der Waals surface area contributed by atoms with Crippen molar-refractivity contribution in [3.05, 3.63) is 42.6 Å². The largest absolute Gasteiger partial charge is 0.468 e. The van der Waals surface area contributed by atoms with E-state index in [2.05, 4.69) is 39.5 Å². The van der Waals surface area contributed by atoms with Gasteiger partial charge in [0.1, 0.15) is 5.76 Å². The van der Waals surface area contributed by atoms with Crippen LogP contribution in [-0.4, -0.2) is 53.9 Å². The molecule has 2 aromatic heterocycles. The molecular formula is C18H30N6O. The first kappa shape index (κ1) is 19.1. The average Bonchev–Trinajstić information content (AvgIpc) is 3.34. The molecule has 2 heterocycles. The smallest absolute Gasteiger partial charge is 0.191 e. The first-order valence-electron chi connectivity index (χ1n) is 8.97. The molecule has 0 spiro atoms. The van der Waals surface area contributed by atoms with Crippen molar-refractivity contribution in [1.82, 2.24) is 25.3 Å². The first-order chi connectivity index (χ1) is 12.3. The van der Waals surface area contributed by atoms with Gasteiger partial charge in [-0.15, -0.1) is 0 Å². The Labute approximate surface area is 150 Å². The Balaban J connectivity index is 1.80. The monoisotopic (exact) mass is 346 g/mol. The van der Waals surface area contributed by atoms with Gasteiger partial charge in [-0.1, -0.05) is 13.8 Å². The topological polar surface area (TPSA) is 70.6 Å². The minimum absolute atomic E-state index is 0.188. The summed E-state index contributed by atoms with van der Waals surface area (Å²) in [5, 5.41) is 11.0. The van der Waals surface area contributed by atoms with Crippen LogP contribution < -0.4 is 10.6 Å². The molecule has 2 rings (SSSR count). The molecule has 1 unspecified atom stereocenters. The Kier molecular flexibility index (Phi) is 8.04. The van der Waals surface area contributed by atoms with E-state index < -0.39 is 0 Å². The molecule has 0 aliphatic carbocycles. The molecule has 7 nitrogen and oxygen atoms in total. The number of hydrogen-bond acceptors (Lipinski definition) is 4. The summed E-state index contributed by atoms with van der Waals surface area (Å²) in [7, 11) is 1.79. The van der Waals surface area contributed by atoms with Gasteiger partial charge in [-0.2, -0.15) is 5.10 Å². The summed E-state index contributed by atoms with van der Waals surface area (Å²) >= 11 is 0. The number of furan rings is 1. The van der Waals surface area contributed by atoms with Crippen molar-refractivity contribution in [2.24, 2.45) is 4.99 Å². The van der Waals surface area contributed by atoms with Crippen LogP contribution in [-0.2, 0) is 6.54 Å². The lowest BCUT2D eigenvalue weighted by Gasteiger charge is -2.28. The van der Waals surface area contributed by atoms with Crippen LogP contribution in [0.2, 0.25) is 0 Å². The number of aliphatic imine (C=N–C) groups is 1. The molecule has 0 bridgehead atoms. The highest BCUT2D eigenvalue weighted by Gasteiger charge is 2.20. The number of aryl methyl sites for hydroxylation is 1. The van der Waals surface area contributed by atoms with E-state index in [-0.39, 0.29) is 6.04 Å². The van der Waals surface area contributed by atoms with Gasteiger partial charge in [-0.25, -0.2) is 0 Å². The molecule has 25 heavy (non-hydrogen) atoms. The summed E-state index contributed by atoms with van der Waals surface area (Å²) in [4.78, 5) is 6.68. The third kappa shape index (κ3) is 5.94. The lowest BCUT2D eigenvalue weighted by atomic mass is 10.2. The zero-order chi connectivity index (χ0) is 17.9. The van der Waals surface area contributed by atoms with Crippen LogP contribution >= 0.6 is 0 Å². The van der Waals surface area contributed by atoms with Crippen molar-refractivity contribution in [2.75, 3.05) is 33.2 Å². The highest BCUT2D eigenvalue weighted by molar-refractivity contribution is 5.79. The van der Waals surface area contributed by atoms with Crippen LogP contribution in [0.5, 0.6) is 0 Å². The van der Waals surface area contributed by atoms with Crippen LogP contribution in [0, 0.1) is 0 Å². The minimum atomic E-state index is 0.188. The molecule has 2 aromatic rings. The van der Waals surface area contributed by atoms with Gasteiger partial charge in [0.05, 0.1) is 12.3 Å². The third-order valence-electron chi connectivity index (χ3n) is 4.23. The summed E-state index contributed by atoms with van der Waals surface area (Å²) < 4.78 is 7.57. The van der Waals surface area contributed by atoms with Crippen LogP contribution in [0.3, 0.4) is 0 Å². The highest BCUT2D eigenvalue weighted by atomic mass is 16.3. The summed E-state index contributed by atoms with van der Waals surface area (Å²) in [6.45, 7) is 8.76. The van der Waals surface area contributed by atoms with Crippen molar-refractivity contribution in [1.29, 1.82) is 0 Å². The van der Waals surface area contributed by atoms with Gasteiger partial charge < -0.3 is 15.1 Å². The molecular weight excluding hydrogens is 316 g/mol. The van der Waals surface area contributed by atoms with E-state index in [1.165, 1.54) is 0 Å². The molecule has 0 aliphatic heterocycles. The van der Waals surface area contributed by atoms with Crippen molar-refractivity contribution >= 4 is 5.96 Å². The molecule has 0 radical (unpaired) electrons. The number of rotatable bonds is 10. The zero-order valence-electron chi connectivity index (χ0n) is 15.5. The highest BCUT2D eigenvalue weighted by Crippen LogP contribution is 2.20. The van der Waals surface area contributed by atoms with Gasteiger partial charge in [-0.3, -0.25) is 14.6 Å². The normalized spacial score (nSPS) is 13.2. The van der Waals surface area contributed by atoms with E-state index >= 15 is 0 Å². The molecule has 0 saturated carbocycles. The van der Waals surface area contributed by atoms with E-state index in [4.69, 9.17) is 4.42 Å². The summed E-state index contributed by atoms with van der Waals surface area (Å²) in [5.41, 5.74) is 0. The lowest BCUT2D eigenvalue weighted by molar-refractivity contribution is 0.193. The summed E-state index contributed by atoms with van der Waals surface area (Å²) in [6, 6.07) is 6.10. The van der Waals surface area contributed by atoms with E-state index in [0.29, 0.717) is 0 Å². The van der Waals surface area contributed by atoms with Crippen molar-refractivity contribution in [2.45, 2.75) is 32.9 Å². The fourth-order valence-electron chi connectivity index (χ4n) is 2.85. The maximum absolute atomic E-state index is 5.63. The number of aromatic nitrogens is 2. The first-order valence-corrected chi connectivity index (χ1v) is 8.97.